The first-order valence-corrected chi connectivity index (χ1v) is 6.82. The molecule has 88 valence electrons. The molecule has 1 N–H and O–H groups in total. The first kappa shape index (κ1) is 13.7. The van der Waals surface area contributed by atoms with E-state index in [-0.39, 0.29) is 5.91 Å². The van der Waals surface area contributed by atoms with Crippen molar-refractivity contribution in [1.82, 2.24) is 5.32 Å². The Morgan fingerprint density at radius 2 is 2.06 bits per heavy atom. The Kier molecular flexibility index (Phi) is 5.49. The number of nitrogens with one attached hydrogen (secondary N) is 1. The number of halogens is 2. The van der Waals surface area contributed by atoms with Crippen LogP contribution in [0.3, 0.4) is 0 Å². The molecule has 0 saturated carbocycles. The van der Waals surface area contributed by atoms with Crippen LogP contribution in [-0.2, 0) is 0 Å². The topological polar surface area (TPSA) is 29.1 Å². The molecule has 0 fully saturated rings. The van der Waals surface area contributed by atoms with Crippen molar-refractivity contribution in [2.24, 2.45) is 5.92 Å². The van der Waals surface area contributed by atoms with Crippen molar-refractivity contribution in [2.45, 2.75) is 20.3 Å². The molecule has 4 heteroatoms. The Labute approximate surface area is 113 Å². The van der Waals surface area contributed by atoms with Gasteiger partial charge in [-0.2, -0.15) is 0 Å². The van der Waals surface area contributed by atoms with E-state index in [0.717, 1.165) is 21.9 Å². The minimum absolute atomic E-state index is 0.0335. The van der Waals surface area contributed by atoms with Crippen LogP contribution < -0.4 is 5.32 Å². The summed E-state index contributed by atoms with van der Waals surface area (Å²) in [5.41, 5.74) is 0.665. The second-order valence-corrected chi connectivity index (χ2v) is 5.83. The fourth-order valence-electron chi connectivity index (χ4n) is 1.24. The summed E-state index contributed by atoms with van der Waals surface area (Å²) in [4.78, 5) is 11.8. The maximum atomic E-state index is 11.8. The lowest BCUT2D eigenvalue weighted by atomic mass is 10.1. The quantitative estimate of drug-likeness (QED) is 0.875. The van der Waals surface area contributed by atoms with Crippen LogP contribution in [0, 0.1) is 5.92 Å². The molecule has 0 unspecified atom stereocenters. The standard InChI is InChI=1S/C12H15Br2NO/c1-8(2)5-6-15-12(16)10-7-9(13)3-4-11(10)14/h3-4,7-8H,5-6H2,1-2H3,(H,15,16). The van der Waals surface area contributed by atoms with Crippen molar-refractivity contribution < 1.29 is 4.79 Å². The van der Waals surface area contributed by atoms with E-state index < -0.39 is 0 Å². The third-order valence-electron chi connectivity index (χ3n) is 2.18. The number of hydrogen-bond acceptors (Lipinski definition) is 1. The Hall–Kier alpha value is -0.350. The molecule has 0 radical (unpaired) electrons. The molecular formula is C12H15Br2NO. The molecule has 1 aromatic carbocycles. The zero-order valence-corrected chi connectivity index (χ0v) is 12.6. The van der Waals surface area contributed by atoms with Gasteiger partial charge in [0.2, 0.25) is 0 Å². The summed E-state index contributed by atoms with van der Waals surface area (Å²) < 4.78 is 1.72. The van der Waals surface area contributed by atoms with Gasteiger partial charge in [0.1, 0.15) is 0 Å². The second-order valence-electron chi connectivity index (χ2n) is 4.06. The molecule has 0 aromatic heterocycles. The van der Waals surface area contributed by atoms with E-state index in [0.29, 0.717) is 11.5 Å². The largest absolute Gasteiger partial charge is 0.352 e. The van der Waals surface area contributed by atoms with Crippen molar-refractivity contribution in [3.8, 4) is 0 Å². The summed E-state index contributed by atoms with van der Waals surface area (Å²) in [7, 11) is 0. The predicted octanol–water partition coefficient (Wildman–Crippen LogP) is 3.99. The van der Waals surface area contributed by atoms with Gasteiger partial charge in [0.15, 0.2) is 0 Å². The van der Waals surface area contributed by atoms with Gasteiger partial charge in [-0.1, -0.05) is 29.8 Å². The fourth-order valence-corrected chi connectivity index (χ4v) is 2.03. The molecule has 0 bridgehead atoms. The Balaban J connectivity index is 2.62. The molecule has 1 amide bonds. The normalized spacial score (nSPS) is 10.6. The Morgan fingerprint density at radius 1 is 1.38 bits per heavy atom. The third-order valence-corrected chi connectivity index (χ3v) is 3.37. The lowest BCUT2D eigenvalue weighted by Crippen LogP contribution is -2.25. The first-order valence-electron chi connectivity index (χ1n) is 5.24. The average Bonchev–Trinajstić information content (AvgIpc) is 2.21. The van der Waals surface area contributed by atoms with Crippen LogP contribution in [0.2, 0.25) is 0 Å². The van der Waals surface area contributed by atoms with Crippen LogP contribution >= 0.6 is 31.9 Å². The van der Waals surface area contributed by atoms with E-state index in [2.05, 4.69) is 51.0 Å². The number of benzene rings is 1. The molecule has 1 rings (SSSR count). The molecule has 0 spiro atoms. The molecule has 2 nitrogen and oxygen atoms in total. The highest BCUT2D eigenvalue weighted by atomic mass is 79.9. The average molecular weight is 349 g/mol. The number of rotatable bonds is 4. The van der Waals surface area contributed by atoms with Crippen LogP contribution in [0.4, 0.5) is 0 Å². The zero-order chi connectivity index (χ0) is 12.1. The summed E-state index contributed by atoms with van der Waals surface area (Å²) >= 11 is 6.73. The van der Waals surface area contributed by atoms with Crippen LogP contribution in [0.25, 0.3) is 0 Å². The van der Waals surface area contributed by atoms with Gasteiger partial charge in [-0.05, 0) is 46.5 Å². The van der Waals surface area contributed by atoms with Gasteiger partial charge < -0.3 is 5.32 Å². The van der Waals surface area contributed by atoms with E-state index in [1.165, 1.54) is 0 Å². The van der Waals surface area contributed by atoms with E-state index in [1.807, 2.05) is 18.2 Å². The van der Waals surface area contributed by atoms with Crippen LogP contribution in [0.1, 0.15) is 30.6 Å². The SMILES string of the molecule is CC(C)CCNC(=O)c1cc(Br)ccc1Br. The molecule has 0 atom stereocenters. The van der Waals surface area contributed by atoms with Gasteiger partial charge in [-0.25, -0.2) is 0 Å². The van der Waals surface area contributed by atoms with Crippen LogP contribution in [0.5, 0.6) is 0 Å². The Morgan fingerprint density at radius 3 is 2.69 bits per heavy atom. The molecule has 1 aromatic rings. The van der Waals surface area contributed by atoms with Gasteiger partial charge in [0, 0.05) is 15.5 Å². The Bertz CT molecular complexity index is 377. The summed E-state index contributed by atoms with van der Waals surface area (Å²) in [6.07, 6.45) is 0.997. The third kappa shape index (κ3) is 4.26. The summed E-state index contributed by atoms with van der Waals surface area (Å²) in [5, 5.41) is 2.91. The highest BCUT2D eigenvalue weighted by Crippen LogP contribution is 2.21. The van der Waals surface area contributed by atoms with E-state index in [9.17, 15) is 4.79 Å². The number of amides is 1. The first-order chi connectivity index (χ1) is 7.50. The number of carbonyl (C=O) groups is 1. The smallest absolute Gasteiger partial charge is 0.252 e. The highest BCUT2D eigenvalue weighted by Gasteiger charge is 2.09. The minimum atomic E-state index is -0.0335. The van der Waals surface area contributed by atoms with Crippen LogP contribution in [0.15, 0.2) is 27.1 Å². The van der Waals surface area contributed by atoms with Crippen molar-refractivity contribution in [3.05, 3.63) is 32.7 Å². The van der Waals surface area contributed by atoms with Gasteiger partial charge in [-0.15, -0.1) is 0 Å². The molecule has 0 heterocycles. The van der Waals surface area contributed by atoms with Crippen LogP contribution in [-0.4, -0.2) is 12.5 Å². The summed E-state index contributed by atoms with van der Waals surface area (Å²) in [5.74, 6) is 0.570. The highest BCUT2D eigenvalue weighted by molar-refractivity contribution is 9.11. The summed E-state index contributed by atoms with van der Waals surface area (Å²) in [6, 6.07) is 5.57. The van der Waals surface area contributed by atoms with E-state index >= 15 is 0 Å². The predicted molar refractivity (Wildman–Crippen MR) is 73.6 cm³/mol. The lowest BCUT2D eigenvalue weighted by Gasteiger charge is -2.08. The zero-order valence-electron chi connectivity index (χ0n) is 9.39. The van der Waals surface area contributed by atoms with Crippen molar-refractivity contribution in [1.29, 1.82) is 0 Å². The van der Waals surface area contributed by atoms with Crippen molar-refractivity contribution in [2.75, 3.05) is 6.54 Å². The monoisotopic (exact) mass is 347 g/mol. The molecule has 0 aliphatic heterocycles. The molecule has 16 heavy (non-hydrogen) atoms. The number of hydrogen-bond donors (Lipinski definition) is 1. The number of carbonyl (C=O) groups excluding carboxylic acids is 1. The molecule has 0 saturated heterocycles. The van der Waals surface area contributed by atoms with Gasteiger partial charge >= 0.3 is 0 Å². The lowest BCUT2D eigenvalue weighted by molar-refractivity contribution is 0.0951. The van der Waals surface area contributed by atoms with Gasteiger partial charge in [0.05, 0.1) is 5.56 Å². The molecule has 0 aliphatic rings. The molecule has 0 aliphatic carbocycles. The van der Waals surface area contributed by atoms with Gasteiger partial charge in [-0.3, -0.25) is 4.79 Å². The second kappa shape index (κ2) is 6.40. The van der Waals surface area contributed by atoms with Gasteiger partial charge in [0.25, 0.3) is 5.91 Å². The fraction of sp³-hybridized carbons (Fsp3) is 0.417. The van der Waals surface area contributed by atoms with E-state index in [1.54, 1.807) is 0 Å². The van der Waals surface area contributed by atoms with E-state index in [4.69, 9.17) is 0 Å². The maximum Gasteiger partial charge on any atom is 0.252 e. The van der Waals surface area contributed by atoms with Crippen molar-refractivity contribution >= 4 is 37.8 Å². The minimum Gasteiger partial charge on any atom is -0.352 e. The molecular weight excluding hydrogens is 334 g/mol. The van der Waals surface area contributed by atoms with Crippen molar-refractivity contribution in [3.63, 3.8) is 0 Å². The summed E-state index contributed by atoms with van der Waals surface area (Å²) in [6.45, 7) is 5.00. The maximum absolute atomic E-state index is 11.8.